The Bertz CT molecular complexity index is 389. The Hall–Kier alpha value is -1.35. The molecule has 0 aliphatic heterocycles. The number of rotatable bonds is 4. The topological polar surface area (TPSA) is 46.5 Å². The second-order valence-corrected chi connectivity index (χ2v) is 5.28. The summed E-state index contributed by atoms with van der Waals surface area (Å²) in [6.07, 6.45) is 9.24. The van der Waals surface area contributed by atoms with Crippen molar-refractivity contribution in [2.45, 2.75) is 57.7 Å². The third kappa shape index (κ3) is 4.67. The molecule has 0 heterocycles. The van der Waals surface area contributed by atoms with E-state index in [4.69, 9.17) is 9.84 Å². The van der Waals surface area contributed by atoms with Crippen molar-refractivity contribution >= 4 is 5.97 Å². The van der Waals surface area contributed by atoms with Gasteiger partial charge in [0.1, 0.15) is 0 Å². The maximum atomic E-state index is 10.8. The van der Waals surface area contributed by atoms with Gasteiger partial charge in [-0.2, -0.15) is 0 Å². The molecule has 1 aromatic carbocycles. The Balaban J connectivity index is 1.81. The predicted octanol–water partition coefficient (Wildman–Crippen LogP) is 4.01. The molecule has 0 atom stereocenters. The van der Waals surface area contributed by atoms with Crippen LogP contribution in [0.3, 0.4) is 0 Å². The average Bonchev–Trinajstić information content (AvgIpc) is 2.38. The zero-order valence-corrected chi connectivity index (χ0v) is 11.3. The molecule has 19 heavy (non-hydrogen) atoms. The van der Waals surface area contributed by atoms with E-state index in [1.54, 1.807) is 12.1 Å². The van der Waals surface area contributed by atoms with Gasteiger partial charge in [-0.05, 0) is 30.5 Å². The van der Waals surface area contributed by atoms with Crippen molar-refractivity contribution in [3.05, 3.63) is 35.4 Å². The lowest BCUT2D eigenvalue weighted by molar-refractivity contribution is 0.0236. The summed E-state index contributed by atoms with van der Waals surface area (Å²) in [7, 11) is 0. The Morgan fingerprint density at radius 2 is 1.63 bits per heavy atom. The van der Waals surface area contributed by atoms with Crippen LogP contribution in [-0.4, -0.2) is 17.2 Å². The van der Waals surface area contributed by atoms with Gasteiger partial charge in [-0.25, -0.2) is 4.79 Å². The van der Waals surface area contributed by atoms with E-state index in [-0.39, 0.29) is 0 Å². The molecule has 1 saturated carbocycles. The number of aromatic carboxylic acids is 1. The zero-order chi connectivity index (χ0) is 13.5. The Kier molecular flexibility index (Phi) is 5.40. The summed E-state index contributed by atoms with van der Waals surface area (Å²) in [5.74, 6) is -0.882. The van der Waals surface area contributed by atoms with Crippen molar-refractivity contribution in [1.29, 1.82) is 0 Å². The normalized spacial score (nSPS) is 17.7. The lowest BCUT2D eigenvalue weighted by Crippen LogP contribution is -2.14. The van der Waals surface area contributed by atoms with Gasteiger partial charge in [-0.3, -0.25) is 0 Å². The van der Waals surface area contributed by atoms with Crippen LogP contribution in [0.5, 0.6) is 0 Å². The lowest BCUT2D eigenvalue weighted by Gasteiger charge is -2.20. The van der Waals surface area contributed by atoms with Gasteiger partial charge in [0.2, 0.25) is 0 Å². The van der Waals surface area contributed by atoms with E-state index in [0.717, 1.165) is 18.4 Å². The first-order chi connectivity index (χ1) is 9.25. The fraction of sp³-hybridized carbons (Fsp3) is 0.562. The Labute approximate surface area is 114 Å². The van der Waals surface area contributed by atoms with Gasteiger partial charge in [0, 0.05) is 0 Å². The minimum atomic E-state index is -0.882. The molecule has 0 aromatic heterocycles. The standard InChI is InChI=1S/C16H22O3/c17-16(18)14-10-8-13(9-11-14)12-19-15-6-4-2-1-3-5-7-15/h8-11,15H,1-7,12H2,(H,17,18). The summed E-state index contributed by atoms with van der Waals surface area (Å²) in [4.78, 5) is 10.8. The second kappa shape index (κ2) is 7.29. The lowest BCUT2D eigenvalue weighted by atomic mass is 9.98. The summed E-state index contributed by atoms with van der Waals surface area (Å²) in [6, 6.07) is 6.96. The number of carboxylic acids is 1. The van der Waals surface area contributed by atoms with Crippen LogP contribution in [0, 0.1) is 0 Å². The third-order valence-corrected chi connectivity index (χ3v) is 3.74. The van der Waals surface area contributed by atoms with Crippen molar-refractivity contribution in [2.75, 3.05) is 0 Å². The molecule has 1 aliphatic rings. The van der Waals surface area contributed by atoms with E-state index in [1.165, 1.54) is 32.1 Å². The van der Waals surface area contributed by atoms with Crippen molar-refractivity contribution < 1.29 is 14.6 Å². The molecule has 0 saturated heterocycles. The summed E-state index contributed by atoms with van der Waals surface area (Å²) in [5, 5.41) is 8.84. The van der Waals surface area contributed by atoms with Crippen LogP contribution in [0.2, 0.25) is 0 Å². The molecule has 2 rings (SSSR count). The maximum Gasteiger partial charge on any atom is 0.335 e. The number of hydrogen-bond acceptors (Lipinski definition) is 2. The summed E-state index contributed by atoms with van der Waals surface area (Å²) < 4.78 is 5.96. The SMILES string of the molecule is O=C(O)c1ccc(COC2CCCCCCC2)cc1. The molecular formula is C16H22O3. The molecule has 3 nitrogen and oxygen atoms in total. The molecule has 0 unspecified atom stereocenters. The largest absolute Gasteiger partial charge is 0.478 e. The van der Waals surface area contributed by atoms with Crippen LogP contribution in [0.4, 0.5) is 0 Å². The minimum absolute atomic E-state index is 0.328. The van der Waals surface area contributed by atoms with Gasteiger partial charge < -0.3 is 9.84 Å². The van der Waals surface area contributed by atoms with Gasteiger partial charge in [0.25, 0.3) is 0 Å². The first kappa shape index (κ1) is 14.1. The highest BCUT2D eigenvalue weighted by molar-refractivity contribution is 5.87. The quantitative estimate of drug-likeness (QED) is 0.891. The van der Waals surface area contributed by atoms with E-state index >= 15 is 0 Å². The number of carboxylic acid groups (broad SMARTS) is 1. The van der Waals surface area contributed by atoms with Gasteiger partial charge in [-0.15, -0.1) is 0 Å². The van der Waals surface area contributed by atoms with E-state index in [1.807, 2.05) is 12.1 Å². The monoisotopic (exact) mass is 262 g/mol. The second-order valence-electron chi connectivity index (χ2n) is 5.28. The highest BCUT2D eigenvalue weighted by Gasteiger charge is 2.11. The third-order valence-electron chi connectivity index (χ3n) is 3.74. The smallest absolute Gasteiger partial charge is 0.335 e. The predicted molar refractivity (Wildman–Crippen MR) is 74.3 cm³/mol. The Morgan fingerprint density at radius 3 is 2.21 bits per heavy atom. The molecule has 1 N–H and O–H groups in total. The first-order valence-corrected chi connectivity index (χ1v) is 7.19. The number of hydrogen-bond donors (Lipinski definition) is 1. The summed E-state index contributed by atoms with van der Waals surface area (Å²) in [5.41, 5.74) is 1.38. The number of benzene rings is 1. The van der Waals surface area contributed by atoms with Crippen LogP contribution in [0.25, 0.3) is 0 Å². The van der Waals surface area contributed by atoms with Crippen LogP contribution >= 0.6 is 0 Å². The Morgan fingerprint density at radius 1 is 1.05 bits per heavy atom. The van der Waals surface area contributed by atoms with Crippen LogP contribution < -0.4 is 0 Å². The molecule has 0 radical (unpaired) electrons. The van der Waals surface area contributed by atoms with Gasteiger partial charge >= 0.3 is 5.97 Å². The maximum absolute atomic E-state index is 10.8. The summed E-state index contributed by atoms with van der Waals surface area (Å²) in [6.45, 7) is 0.588. The minimum Gasteiger partial charge on any atom is -0.478 e. The fourth-order valence-corrected chi connectivity index (χ4v) is 2.54. The van der Waals surface area contributed by atoms with Gasteiger partial charge in [0.15, 0.2) is 0 Å². The highest BCUT2D eigenvalue weighted by atomic mass is 16.5. The van der Waals surface area contributed by atoms with E-state index in [9.17, 15) is 4.79 Å². The van der Waals surface area contributed by atoms with Gasteiger partial charge in [0.05, 0.1) is 18.3 Å². The van der Waals surface area contributed by atoms with Crippen molar-refractivity contribution in [1.82, 2.24) is 0 Å². The first-order valence-electron chi connectivity index (χ1n) is 7.19. The van der Waals surface area contributed by atoms with Crippen molar-refractivity contribution in [3.8, 4) is 0 Å². The number of carbonyl (C=O) groups is 1. The fourth-order valence-electron chi connectivity index (χ4n) is 2.54. The molecule has 0 amide bonds. The molecule has 3 heteroatoms. The van der Waals surface area contributed by atoms with E-state index in [2.05, 4.69) is 0 Å². The van der Waals surface area contributed by atoms with Crippen molar-refractivity contribution in [3.63, 3.8) is 0 Å². The molecule has 0 spiro atoms. The van der Waals surface area contributed by atoms with Crippen LogP contribution in [0.15, 0.2) is 24.3 Å². The molecule has 104 valence electrons. The average molecular weight is 262 g/mol. The molecule has 1 aromatic rings. The van der Waals surface area contributed by atoms with E-state index < -0.39 is 5.97 Å². The summed E-state index contributed by atoms with van der Waals surface area (Å²) >= 11 is 0. The molecular weight excluding hydrogens is 240 g/mol. The highest BCUT2D eigenvalue weighted by Crippen LogP contribution is 2.20. The van der Waals surface area contributed by atoms with Gasteiger partial charge in [-0.1, -0.05) is 44.2 Å². The van der Waals surface area contributed by atoms with Crippen LogP contribution in [-0.2, 0) is 11.3 Å². The van der Waals surface area contributed by atoms with Crippen molar-refractivity contribution in [2.24, 2.45) is 0 Å². The molecule has 1 fully saturated rings. The van der Waals surface area contributed by atoms with E-state index in [0.29, 0.717) is 18.3 Å². The number of ether oxygens (including phenoxy) is 1. The van der Waals surface area contributed by atoms with Crippen LogP contribution in [0.1, 0.15) is 60.9 Å². The zero-order valence-electron chi connectivity index (χ0n) is 11.3. The molecule has 0 bridgehead atoms. The molecule has 1 aliphatic carbocycles.